The molecule has 0 radical (unpaired) electrons. The van der Waals surface area contributed by atoms with Gasteiger partial charge in [-0.05, 0) is 56.4 Å². The summed E-state index contributed by atoms with van der Waals surface area (Å²) in [4.78, 5) is 26.1. The molecule has 5 nitrogen and oxygen atoms in total. The van der Waals surface area contributed by atoms with E-state index in [1.807, 2.05) is 19.1 Å². The molecule has 1 aromatic carbocycles. The minimum absolute atomic E-state index is 0.0297. The topological polar surface area (TPSA) is 69.6 Å². The Morgan fingerprint density at radius 2 is 2.18 bits per heavy atom. The van der Waals surface area contributed by atoms with Crippen LogP contribution in [0.2, 0.25) is 0 Å². The van der Waals surface area contributed by atoms with Gasteiger partial charge in [0.1, 0.15) is 0 Å². The second kappa shape index (κ2) is 7.74. The lowest BCUT2D eigenvalue weighted by atomic mass is 9.99. The molecule has 0 spiro atoms. The summed E-state index contributed by atoms with van der Waals surface area (Å²) in [6.45, 7) is 2.53. The second-order valence-corrected chi connectivity index (χ2v) is 6.43. The zero-order valence-corrected chi connectivity index (χ0v) is 14.2. The Balaban J connectivity index is 2.04. The number of anilines is 1. The van der Waals surface area contributed by atoms with Crippen LogP contribution in [0, 0.1) is 6.92 Å². The maximum Gasteiger partial charge on any atom is 0.313 e. The summed E-state index contributed by atoms with van der Waals surface area (Å²) in [6.07, 6.45) is 3.30. The van der Waals surface area contributed by atoms with Gasteiger partial charge in [0.2, 0.25) is 0 Å². The fraction of sp³-hybridized carbons (Fsp3) is 0.500. The number of piperidine rings is 1. The maximum absolute atomic E-state index is 12.4. The number of likely N-dealkylation sites (tertiary alicyclic amines) is 1. The second-order valence-electron chi connectivity index (χ2n) is 5.58. The number of amides is 2. The quantitative estimate of drug-likeness (QED) is 0.805. The molecule has 1 aliphatic heterocycles. The predicted molar refractivity (Wildman–Crippen MR) is 88.6 cm³/mol. The minimum Gasteiger partial charge on any atom is -0.396 e. The van der Waals surface area contributed by atoms with Crippen molar-refractivity contribution in [1.82, 2.24) is 4.90 Å². The summed E-state index contributed by atoms with van der Waals surface area (Å²) in [5.41, 5.74) is 1.59. The number of aliphatic hydroxyl groups is 1. The van der Waals surface area contributed by atoms with Crippen molar-refractivity contribution >= 4 is 33.4 Å². The number of carbonyl (C=O) groups excluding carboxylic acids is 2. The SMILES string of the molecule is Cc1cc(NC(=O)C(=O)N2CCCCC2CCO)ccc1Br. The van der Waals surface area contributed by atoms with Crippen molar-refractivity contribution in [1.29, 1.82) is 0 Å². The molecular formula is C16H21BrN2O3. The number of carbonyl (C=O) groups is 2. The van der Waals surface area contributed by atoms with Crippen LogP contribution in [0.25, 0.3) is 0 Å². The number of hydrogen-bond acceptors (Lipinski definition) is 3. The molecule has 120 valence electrons. The Morgan fingerprint density at radius 1 is 1.41 bits per heavy atom. The third kappa shape index (κ3) is 4.08. The standard InChI is InChI=1S/C16H21BrN2O3/c1-11-10-12(5-6-14(11)17)18-15(21)16(22)19-8-3-2-4-13(19)7-9-20/h5-6,10,13,20H,2-4,7-9H2,1H3,(H,18,21). The van der Waals surface area contributed by atoms with Crippen molar-refractivity contribution in [3.63, 3.8) is 0 Å². The fourth-order valence-corrected chi connectivity index (χ4v) is 3.00. The predicted octanol–water partition coefficient (Wildman–Crippen LogP) is 2.46. The van der Waals surface area contributed by atoms with Crippen LogP contribution in [0.1, 0.15) is 31.2 Å². The highest BCUT2D eigenvalue weighted by molar-refractivity contribution is 9.10. The van der Waals surface area contributed by atoms with E-state index in [0.717, 1.165) is 29.3 Å². The smallest absolute Gasteiger partial charge is 0.313 e. The van der Waals surface area contributed by atoms with Gasteiger partial charge in [0.25, 0.3) is 0 Å². The van der Waals surface area contributed by atoms with Gasteiger partial charge in [0.05, 0.1) is 0 Å². The maximum atomic E-state index is 12.4. The van der Waals surface area contributed by atoms with Crippen LogP contribution in [-0.4, -0.2) is 41.0 Å². The van der Waals surface area contributed by atoms with Crippen LogP contribution < -0.4 is 5.32 Å². The lowest BCUT2D eigenvalue weighted by Crippen LogP contribution is -2.48. The fourth-order valence-electron chi connectivity index (χ4n) is 2.75. The molecule has 22 heavy (non-hydrogen) atoms. The van der Waals surface area contributed by atoms with E-state index in [1.165, 1.54) is 0 Å². The number of aryl methyl sites for hydroxylation is 1. The normalized spacial score (nSPS) is 18.1. The molecule has 0 aromatic heterocycles. The van der Waals surface area contributed by atoms with Gasteiger partial charge in [-0.3, -0.25) is 9.59 Å². The minimum atomic E-state index is -0.619. The lowest BCUT2D eigenvalue weighted by molar-refractivity contribution is -0.146. The van der Waals surface area contributed by atoms with Crippen LogP contribution in [0.5, 0.6) is 0 Å². The summed E-state index contributed by atoms with van der Waals surface area (Å²) in [6, 6.07) is 5.37. The van der Waals surface area contributed by atoms with Crippen LogP contribution >= 0.6 is 15.9 Å². The van der Waals surface area contributed by atoms with Crippen molar-refractivity contribution in [2.45, 2.75) is 38.6 Å². The number of nitrogens with one attached hydrogen (secondary N) is 1. The zero-order chi connectivity index (χ0) is 16.1. The summed E-state index contributed by atoms with van der Waals surface area (Å²) in [7, 11) is 0. The highest BCUT2D eigenvalue weighted by Gasteiger charge is 2.30. The molecule has 0 bridgehead atoms. The van der Waals surface area contributed by atoms with Gasteiger partial charge in [-0.15, -0.1) is 0 Å². The lowest BCUT2D eigenvalue weighted by Gasteiger charge is -2.35. The first-order valence-electron chi connectivity index (χ1n) is 7.52. The van der Waals surface area contributed by atoms with Gasteiger partial charge in [-0.25, -0.2) is 0 Å². The molecule has 0 saturated carbocycles. The van der Waals surface area contributed by atoms with E-state index in [-0.39, 0.29) is 12.6 Å². The molecule has 1 aromatic rings. The molecule has 2 amide bonds. The third-order valence-electron chi connectivity index (χ3n) is 3.96. The highest BCUT2D eigenvalue weighted by Crippen LogP contribution is 2.22. The van der Waals surface area contributed by atoms with Gasteiger partial charge in [0, 0.05) is 29.4 Å². The first-order chi connectivity index (χ1) is 10.5. The van der Waals surface area contributed by atoms with Crippen molar-refractivity contribution in [3.05, 3.63) is 28.2 Å². The van der Waals surface area contributed by atoms with Gasteiger partial charge >= 0.3 is 11.8 Å². The number of halogens is 1. The summed E-state index contributed by atoms with van der Waals surface area (Å²) in [5.74, 6) is -1.13. The van der Waals surface area contributed by atoms with E-state index in [9.17, 15) is 9.59 Å². The summed E-state index contributed by atoms with van der Waals surface area (Å²) < 4.78 is 0.955. The molecule has 1 saturated heterocycles. The monoisotopic (exact) mass is 368 g/mol. The molecule has 1 unspecified atom stereocenters. The van der Waals surface area contributed by atoms with Gasteiger partial charge in [-0.1, -0.05) is 15.9 Å². The van der Waals surface area contributed by atoms with Gasteiger partial charge < -0.3 is 15.3 Å². The number of hydrogen-bond donors (Lipinski definition) is 2. The van der Waals surface area contributed by atoms with Crippen molar-refractivity contribution in [3.8, 4) is 0 Å². The molecule has 1 atom stereocenters. The molecule has 2 rings (SSSR count). The van der Waals surface area contributed by atoms with Crippen LogP contribution in [0.15, 0.2) is 22.7 Å². The van der Waals surface area contributed by atoms with Crippen molar-refractivity contribution < 1.29 is 14.7 Å². The number of rotatable bonds is 3. The third-order valence-corrected chi connectivity index (χ3v) is 4.85. The first kappa shape index (κ1) is 17.0. The Morgan fingerprint density at radius 3 is 2.86 bits per heavy atom. The van der Waals surface area contributed by atoms with Crippen molar-refractivity contribution in [2.75, 3.05) is 18.5 Å². The molecule has 0 aliphatic carbocycles. The Hall–Kier alpha value is -1.40. The van der Waals surface area contributed by atoms with E-state index in [0.29, 0.717) is 18.7 Å². The number of nitrogens with zero attached hydrogens (tertiary/aromatic N) is 1. The van der Waals surface area contributed by atoms with Gasteiger partial charge in [0.15, 0.2) is 0 Å². The molecule has 1 heterocycles. The van der Waals surface area contributed by atoms with Crippen LogP contribution in [0.3, 0.4) is 0 Å². The Kier molecular flexibility index (Phi) is 5.97. The van der Waals surface area contributed by atoms with E-state index in [2.05, 4.69) is 21.2 Å². The first-order valence-corrected chi connectivity index (χ1v) is 8.31. The Labute approximate surface area is 138 Å². The van der Waals surface area contributed by atoms with Crippen LogP contribution in [0.4, 0.5) is 5.69 Å². The highest BCUT2D eigenvalue weighted by atomic mass is 79.9. The van der Waals surface area contributed by atoms with E-state index < -0.39 is 11.8 Å². The Bertz CT molecular complexity index is 560. The summed E-state index contributed by atoms with van der Waals surface area (Å²) in [5, 5.41) is 11.8. The van der Waals surface area contributed by atoms with Crippen molar-refractivity contribution in [2.24, 2.45) is 0 Å². The molecule has 2 N–H and O–H groups in total. The van der Waals surface area contributed by atoms with E-state index in [4.69, 9.17) is 5.11 Å². The van der Waals surface area contributed by atoms with Crippen LogP contribution in [-0.2, 0) is 9.59 Å². The zero-order valence-electron chi connectivity index (χ0n) is 12.6. The molecule has 6 heteroatoms. The van der Waals surface area contributed by atoms with E-state index >= 15 is 0 Å². The number of benzene rings is 1. The largest absolute Gasteiger partial charge is 0.396 e. The average molecular weight is 369 g/mol. The molecular weight excluding hydrogens is 348 g/mol. The number of aliphatic hydroxyl groups excluding tert-OH is 1. The van der Waals surface area contributed by atoms with E-state index in [1.54, 1.807) is 11.0 Å². The summed E-state index contributed by atoms with van der Waals surface area (Å²) >= 11 is 3.40. The molecule has 1 aliphatic rings. The average Bonchev–Trinajstić information content (AvgIpc) is 2.51. The van der Waals surface area contributed by atoms with Gasteiger partial charge in [-0.2, -0.15) is 0 Å². The molecule has 1 fully saturated rings.